The topological polar surface area (TPSA) is 38.7 Å². The second kappa shape index (κ2) is 12.4. The third-order valence-corrected chi connectivity index (χ3v) is 10.0. The molecule has 3 nitrogen and oxygen atoms in total. The first-order valence-electron chi connectivity index (χ1n) is 16.4. The molecule has 0 saturated heterocycles. The van der Waals surface area contributed by atoms with E-state index in [1.165, 1.54) is 53.6 Å². The number of hydrogen-bond acceptors (Lipinski definition) is 4. The highest BCUT2D eigenvalue weighted by molar-refractivity contribution is 7.25. The molecule has 0 radical (unpaired) electrons. The van der Waals surface area contributed by atoms with Crippen molar-refractivity contribution in [1.29, 1.82) is 0 Å². The molecular weight excluding hydrogens is 615 g/mol. The maximum atomic E-state index is 4.95. The van der Waals surface area contributed by atoms with Crippen LogP contribution >= 0.6 is 11.3 Å². The second-order valence-corrected chi connectivity index (χ2v) is 13.2. The summed E-state index contributed by atoms with van der Waals surface area (Å²) >= 11 is 1.81. The van der Waals surface area contributed by atoms with Crippen LogP contribution in [0.2, 0.25) is 0 Å². The quantitative estimate of drug-likeness (QED) is 0.181. The minimum Gasteiger partial charge on any atom is -0.208 e. The van der Waals surface area contributed by atoms with E-state index in [2.05, 4.69) is 115 Å². The first kappa shape index (κ1) is 29.0. The summed E-state index contributed by atoms with van der Waals surface area (Å²) in [5.74, 6) is 2.00. The van der Waals surface area contributed by atoms with Crippen LogP contribution in [0.1, 0.15) is 0 Å². The summed E-state index contributed by atoms with van der Waals surface area (Å²) in [5, 5.41) is 2.50. The Hall–Kier alpha value is -6.23. The summed E-state index contributed by atoms with van der Waals surface area (Å²) in [6.07, 6.45) is 0. The van der Waals surface area contributed by atoms with Crippen LogP contribution in [0.25, 0.3) is 87.7 Å². The Labute approximate surface area is 288 Å². The lowest BCUT2D eigenvalue weighted by atomic mass is 9.96. The van der Waals surface area contributed by atoms with E-state index >= 15 is 0 Å². The molecule has 7 aromatic carbocycles. The van der Waals surface area contributed by atoms with Gasteiger partial charge in [-0.25, -0.2) is 15.0 Å². The lowest BCUT2D eigenvalue weighted by Gasteiger charge is -2.09. The van der Waals surface area contributed by atoms with E-state index in [1.807, 2.05) is 72.0 Å². The number of thiophene rings is 1. The van der Waals surface area contributed by atoms with Gasteiger partial charge in [-0.1, -0.05) is 152 Å². The van der Waals surface area contributed by atoms with Crippen LogP contribution in [0.3, 0.4) is 0 Å². The largest absolute Gasteiger partial charge is 0.208 e. The minimum atomic E-state index is 0.666. The van der Waals surface area contributed by atoms with E-state index in [4.69, 9.17) is 15.0 Å². The SMILES string of the molecule is c1ccc(-c2cccc(-c3cccc(-c4ccc5c(c4)sc4cc(-c6nc(-c7ccccc7)nc(-c7ccccc7)n6)ccc45)c3)c2)cc1. The lowest BCUT2D eigenvalue weighted by molar-refractivity contribution is 1.07. The molecule has 0 aliphatic heterocycles. The highest BCUT2D eigenvalue weighted by Gasteiger charge is 2.14. The molecule has 0 aliphatic carbocycles. The molecule has 9 rings (SSSR count). The predicted molar refractivity (Wildman–Crippen MR) is 205 cm³/mol. The minimum absolute atomic E-state index is 0.666. The Bertz CT molecular complexity index is 2540. The molecule has 9 aromatic rings. The fourth-order valence-corrected chi connectivity index (χ4v) is 7.61. The average molecular weight is 644 g/mol. The van der Waals surface area contributed by atoms with Gasteiger partial charge in [0.25, 0.3) is 0 Å². The van der Waals surface area contributed by atoms with Gasteiger partial charge < -0.3 is 0 Å². The monoisotopic (exact) mass is 643 g/mol. The van der Waals surface area contributed by atoms with Gasteiger partial charge in [0, 0.05) is 36.9 Å². The molecule has 0 bridgehead atoms. The van der Waals surface area contributed by atoms with Crippen molar-refractivity contribution in [3.63, 3.8) is 0 Å². The third kappa shape index (κ3) is 5.69. The van der Waals surface area contributed by atoms with Gasteiger partial charge in [0.2, 0.25) is 0 Å². The van der Waals surface area contributed by atoms with Gasteiger partial charge in [-0.3, -0.25) is 0 Å². The maximum absolute atomic E-state index is 4.95. The Kier molecular flexibility index (Phi) is 7.34. The molecule has 49 heavy (non-hydrogen) atoms. The fraction of sp³-hybridized carbons (Fsp3) is 0. The fourth-order valence-electron chi connectivity index (χ4n) is 6.42. The molecule has 0 unspecified atom stereocenters. The van der Waals surface area contributed by atoms with Gasteiger partial charge in [-0.05, 0) is 57.6 Å². The van der Waals surface area contributed by atoms with Gasteiger partial charge in [0.05, 0.1) is 0 Å². The number of fused-ring (bicyclic) bond motifs is 3. The van der Waals surface area contributed by atoms with Gasteiger partial charge >= 0.3 is 0 Å². The molecule has 2 heterocycles. The normalized spacial score (nSPS) is 11.3. The first-order chi connectivity index (χ1) is 24.2. The van der Waals surface area contributed by atoms with E-state index in [0.29, 0.717) is 17.5 Å². The van der Waals surface area contributed by atoms with E-state index < -0.39 is 0 Å². The first-order valence-corrected chi connectivity index (χ1v) is 17.2. The van der Waals surface area contributed by atoms with Crippen LogP contribution in [-0.2, 0) is 0 Å². The van der Waals surface area contributed by atoms with Gasteiger partial charge in [-0.15, -0.1) is 11.3 Å². The van der Waals surface area contributed by atoms with Crippen molar-refractivity contribution in [3.05, 3.63) is 176 Å². The molecule has 4 heteroatoms. The van der Waals surface area contributed by atoms with Crippen molar-refractivity contribution in [3.8, 4) is 67.5 Å². The summed E-state index contributed by atoms with van der Waals surface area (Å²) in [5.41, 5.74) is 10.2. The number of rotatable bonds is 6. The van der Waals surface area contributed by atoms with Crippen molar-refractivity contribution >= 4 is 31.5 Å². The molecule has 0 N–H and O–H groups in total. The summed E-state index contributed by atoms with van der Waals surface area (Å²) in [7, 11) is 0. The maximum Gasteiger partial charge on any atom is 0.164 e. The van der Waals surface area contributed by atoms with E-state index in [-0.39, 0.29) is 0 Å². The van der Waals surface area contributed by atoms with Crippen LogP contribution in [0.5, 0.6) is 0 Å². The lowest BCUT2D eigenvalue weighted by Crippen LogP contribution is -1.99. The smallest absolute Gasteiger partial charge is 0.164 e. The summed E-state index contributed by atoms with van der Waals surface area (Å²) in [6.45, 7) is 0. The van der Waals surface area contributed by atoms with Gasteiger partial charge in [0.15, 0.2) is 17.5 Å². The molecule has 0 spiro atoms. The molecule has 0 saturated carbocycles. The van der Waals surface area contributed by atoms with Crippen LogP contribution in [0.4, 0.5) is 0 Å². The Morgan fingerprint density at radius 1 is 0.265 bits per heavy atom. The van der Waals surface area contributed by atoms with Crippen molar-refractivity contribution in [2.24, 2.45) is 0 Å². The molecule has 0 fully saturated rings. The van der Waals surface area contributed by atoms with Crippen molar-refractivity contribution in [2.75, 3.05) is 0 Å². The predicted octanol–water partition coefficient (Wildman–Crippen LogP) is 12.2. The Morgan fingerprint density at radius 3 is 1.10 bits per heavy atom. The second-order valence-electron chi connectivity index (χ2n) is 12.1. The molecule has 0 amide bonds. The van der Waals surface area contributed by atoms with E-state index in [1.54, 1.807) is 0 Å². The summed E-state index contributed by atoms with van der Waals surface area (Å²) in [4.78, 5) is 14.8. The molecule has 2 aromatic heterocycles. The molecule has 230 valence electrons. The molecule has 0 atom stereocenters. The average Bonchev–Trinajstić information content (AvgIpc) is 3.56. The van der Waals surface area contributed by atoms with Crippen molar-refractivity contribution in [1.82, 2.24) is 15.0 Å². The molecular formula is C45H29N3S. The Morgan fingerprint density at radius 2 is 0.612 bits per heavy atom. The highest BCUT2D eigenvalue weighted by atomic mass is 32.1. The Balaban J connectivity index is 1.08. The van der Waals surface area contributed by atoms with Crippen LogP contribution in [0, 0.1) is 0 Å². The zero-order valence-electron chi connectivity index (χ0n) is 26.5. The summed E-state index contributed by atoms with van der Waals surface area (Å²) < 4.78 is 2.46. The van der Waals surface area contributed by atoms with Crippen LogP contribution in [0.15, 0.2) is 176 Å². The van der Waals surface area contributed by atoms with E-state index in [9.17, 15) is 0 Å². The number of benzene rings is 7. The number of nitrogens with zero attached hydrogens (tertiary/aromatic N) is 3. The third-order valence-electron chi connectivity index (χ3n) is 8.93. The van der Waals surface area contributed by atoms with Crippen molar-refractivity contribution in [2.45, 2.75) is 0 Å². The number of hydrogen-bond donors (Lipinski definition) is 0. The van der Waals surface area contributed by atoms with Crippen LogP contribution in [-0.4, -0.2) is 15.0 Å². The van der Waals surface area contributed by atoms with Gasteiger partial charge in [-0.2, -0.15) is 0 Å². The standard InChI is InChI=1S/C45H29N3S/c1-4-12-30(13-5-1)33-18-10-19-34(26-33)35-20-11-21-36(27-35)37-22-24-39-40-25-23-38(29-42(40)49-41(39)28-37)45-47-43(31-14-6-2-7-15-31)46-44(48-45)32-16-8-3-9-17-32/h1-29H. The zero-order chi connectivity index (χ0) is 32.6. The summed E-state index contributed by atoms with van der Waals surface area (Å²) in [6, 6.07) is 61.8. The number of aromatic nitrogens is 3. The highest BCUT2D eigenvalue weighted by Crippen LogP contribution is 2.39. The molecule has 0 aliphatic rings. The van der Waals surface area contributed by atoms with E-state index in [0.717, 1.165) is 16.7 Å². The zero-order valence-corrected chi connectivity index (χ0v) is 27.3. The van der Waals surface area contributed by atoms with Crippen LogP contribution < -0.4 is 0 Å². The van der Waals surface area contributed by atoms with Crippen molar-refractivity contribution < 1.29 is 0 Å². The van der Waals surface area contributed by atoms with Gasteiger partial charge in [0.1, 0.15) is 0 Å².